The molecule has 20 heavy (non-hydrogen) atoms. The van der Waals surface area contributed by atoms with Crippen LogP contribution in [0.3, 0.4) is 0 Å². The van der Waals surface area contributed by atoms with Crippen molar-refractivity contribution in [2.75, 3.05) is 0 Å². The summed E-state index contributed by atoms with van der Waals surface area (Å²) in [6, 6.07) is 6.97. The van der Waals surface area contributed by atoms with E-state index < -0.39 is 5.91 Å². The second-order valence-electron chi connectivity index (χ2n) is 4.79. The molecular formula is C14H13N5O. The molecule has 100 valence electrons. The molecule has 0 fully saturated rings. The second kappa shape index (κ2) is 4.38. The molecule has 6 heteroatoms. The number of amides is 1. The number of aryl methyl sites for hydroxylation is 1. The summed E-state index contributed by atoms with van der Waals surface area (Å²) in [6.45, 7) is 3.11. The van der Waals surface area contributed by atoms with Gasteiger partial charge in [-0.25, -0.2) is 4.68 Å². The zero-order chi connectivity index (χ0) is 14.3. The topological polar surface area (TPSA) is 87.9 Å². The van der Waals surface area contributed by atoms with Crippen molar-refractivity contribution in [3.8, 4) is 11.9 Å². The van der Waals surface area contributed by atoms with E-state index in [1.54, 1.807) is 17.0 Å². The number of carbonyl (C=O) groups is 1. The molecule has 0 bridgehead atoms. The first-order valence-corrected chi connectivity index (χ1v) is 6.22. The van der Waals surface area contributed by atoms with Crippen LogP contribution in [0.25, 0.3) is 5.69 Å². The lowest BCUT2D eigenvalue weighted by Gasteiger charge is -2.08. The predicted octanol–water partition coefficient (Wildman–Crippen LogP) is 1.08. The van der Waals surface area contributed by atoms with E-state index >= 15 is 0 Å². The summed E-state index contributed by atoms with van der Waals surface area (Å²) in [5, 5.41) is 13.5. The van der Waals surface area contributed by atoms with Gasteiger partial charge in [-0.15, -0.1) is 0 Å². The van der Waals surface area contributed by atoms with Gasteiger partial charge in [0.2, 0.25) is 5.91 Å². The second-order valence-corrected chi connectivity index (χ2v) is 4.79. The summed E-state index contributed by atoms with van der Waals surface area (Å²) in [6.07, 6.45) is 2.16. The molecule has 0 atom stereocenters. The Balaban J connectivity index is 2.02. The molecule has 1 aromatic heterocycles. The fraction of sp³-hybridized carbons (Fsp3) is 0.214. The van der Waals surface area contributed by atoms with E-state index in [0.29, 0.717) is 18.7 Å². The van der Waals surface area contributed by atoms with Gasteiger partial charge in [0.1, 0.15) is 0 Å². The number of aromatic nitrogens is 2. The van der Waals surface area contributed by atoms with Crippen molar-refractivity contribution in [1.82, 2.24) is 14.7 Å². The van der Waals surface area contributed by atoms with Crippen molar-refractivity contribution < 1.29 is 4.79 Å². The highest BCUT2D eigenvalue weighted by Gasteiger charge is 2.26. The number of primary amides is 1. The van der Waals surface area contributed by atoms with Gasteiger partial charge in [0.25, 0.3) is 0 Å². The van der Waals surface area contributed by atoms with Crippen molar-refractivity contribution >= 4 is 5.91 Å². The van der Waals surface area contributed by atoms with Crippen LogP contribution in [-0.4, -0.2) is 20.6 Å². The Kier molecular flexibility index (Phi) is 2.68. The van der Waals surface area contributed by atoms with Gasteiger partial charge in [-0.3, -0.25) is 4.79 Å². The van der Waals surface area contributed by atoms with Crippen molar-refractivity contribution in [3.63, 3.8) is 0 Å². The van der Waals surface area contributed by atoms with Crippen LogP contribution in [0.5, 0.6) is 0 Å². The third-order valence-electron chi connectivity index (χ3n) is 3.52. The molecule has 0 radical (unpaired) electrons. The molecular weight excluding hydrogens is 254 g/mol. The average molecular weight is 267 g/mol. The maximum Gasteiger partial charge on any atom is 0.248 e. The van der Waals surface area contributed by atoms with E-state index in [9.17, 15) is 4.79 Å². The fourth-order valence-electron chi connectivity index (χ4n) is 2.45. The van der Waals surface area contributed by atoms with E-state index in [-0.39, 0.29) is 0 Å². The van der Waals surface area contributed by atoms with Crippen LogP contribution < -0.4 is 5.73 Å². The van der Waals surface area contributed by atoms with Gasteiger partial charge >= 0.3 is 0 Å². The number of benzene rings is 1. The van der Waals surface area contributed by atoms with Crippen LogP contribution in [-0.2, 0) is 13.1 Å². The summed E-state index contributed by atoms with van der Waals surface area (Å²) in [5.41, 5.74) is 9.61. The molecule has 2 heterocycles. The summed E-state index contributed by atoms with van der Waals surface area (Å²) >= 11 is 0. The Bertz CT molecular complexity index is 723. The number of hydrogen-bond acceptors (Lipinski definition) is 4. The van der Waals surface area contributed by atoms with Gasteiger partial charge in [0, 0.05) is 11.1 Å². The summed E-state index contributed by atoms with van der Waals surface area (Å²) in [5.74, 6) is -0.450. The van der Waals surface area contributed by atoms with E-state index in [4.69, 9.17) is 11.0 Å². The normalized spacial score (nSPS) is 13.1. The molecule has 6 nitrogen and oxygen atoms in total. The highest BCUT2D eigenvalue weighted by atomic mass is 16.1. The predicted molar refractivity (Wildman–Crippen MR) is 71.7 cm³/mol. The Hall–Kier alpha value is -2.81. The van der Waals surface area contributed by atoms with Crippen molar-refractivity contribution in [2.24, 2.45) is 5.73 Å². The molecule has 0 aliphatic carbocycles. The average Bonchev–Trinajstić information content (AvgIpc) is 2.99. The number of fused-ring (bicyclic) bond motifs is 1. The first-order chi connectivity index (χ1) is 9.60. The highest BCUT2D eigenvalue weighted by Crippen LogP contribution is 2.27. The van der Waals surface area contributed by atoms with Crippen LogP contribution >= 0.6 is 0 Å². The summed E-state index contributed by atoms with van der Waals surface area (Å²) < 4.78 is 1.83. The van der Waals surface area contributed by atoms with E-state index in [1.807, 2.05) is 23.7 Å². The zero-order valence-electron chi connectivity index (χ0n) is 11.0. The molecule has 0 saturated heterocycles. The minimum absolute atomic E-state index is 0.450. The minimum Gasteiger partial charge on any atom is -0.366 e. The third-order valence-corrected chi connectivity index (χ3v) is 3.52. The minimum atomic E-state index is -0.450. The van der Waals surface area contributed by atoms with Crippen LogP contribution in [0.1, 0.15) is 27.3 Å². The van der Waals surface area contributed by atoms with E-state index in [2.05, 4.69) is 11.3 Å². The SMILES string of the molecule is Cc1nn(-c2ccc(C(N)=O)cc2)c2c1CN(C#N)C2. The van der Waals surface area contributed by atoms with Crippen molar-refractivity contribution in [3.05, 3.63) is 46.8 Å². The molecule has 1 aromatic carbocycles. The number of nitrogens with zero attached hydrogens (tertiary/aromatic N) is 4. The Morgan fingerprint density at radius 1 is 1.35 bits per heavy atom. The van der Waals surface area contributed by atoms with Crippen LogP contribution in [0.15, 0.2) is 24.3 Å². The lowest BCUT2D eigenvalue weighted by Crippen LogP contribution is -2.12. The lowest BCUT2D eigenvalue weighted by molar-refractivity contribution is 0.100. The van der Waals surface area contributed by atoms with E-state index in [0.717, 1.165) is 22.6 Å². The van der Waals surface area contributed by atoms with Crippen LogP contribution in [0.4, 0.5) is 0 Å². The zero-order valence-corrected chi connectivity index (χ0v) is 11.0. The monoisotopic (exact) mass is 267 g/mol. The molecule has 3 rings (SSSR count). The van der Waals surface area contributed by atoms with Gasteiger partial charge < -0.3 is 10.6 Å². The molecule has 2 N–H and O–H groups in total. The number of nitrogens with two attached hydrogens (primary N) is 1. The molecule has 1 aliphatic heterocycles. The number of nitriles is 1. The number of carbonyl (C=O) groups excluding carboxylic acids is 1. The molecule has 1 aliphatic rings. The highest BCUT2D eigenvalue weighted by molar-refractivity contribution is 5.92. The number of hydrogen-bond donors (Lipinski definition) is 1. The third kappa shape index (κ3) is 1.80. The fourth-order valence-corrected chi connectivity index (χ4v) is 2.45. The van der Waals surface area contributed by atoms with Gasteiger partial charge in [0.05, 0.1) is 30.2 Å². The Labute approximate surface area is 116 Å². The van der Waals surface area contributed by atoms with Gasteiger partial charge in [-0.2, -0.15) is 10.4 Å². The van der Waals surface area contributed by atoms with Crippen LogP contribution in [0.2, 0.25) is 0 Å². The van der Waals surface area contributed by atoms with Gasteiger partial charge in [-0.1, -0.05) is 0 Å². The van der Waals surface area contributed by atoms with Gasteiger partial charge in [-0.05, 0) is 31.2 Å². The largest absolute Gasteiger partial charge is 0.366 e. The van der Waals surface area contributed by atoms with Gasteiger partial charge in [0.15, 0.2) is 6.19 Å². The molecule has 2 aromatic rings. The van der Waals surface area contributed by atoms with Crippen LogP contribution in [0, 0.1) is 18.4 Å². The first-order valence-electron chi connectivity index (χ1n) is 6.22. The van der Waals surface area contributed by atoms with E-state index in [1.165, 1.54) is 0 Å². The molecule has 0 unspecified atom stereocenters. The Morgan fingerprint density at radius 2 is 2.05 bits per heavy atom. The lowest BCUT2D eigenvalue weighted by atomic mass is 10.2. The molecule has 0 saturated carbocycles. The summed E-state index contributed by atoms with van der Waals surface area (Å²) in [4.78, 5) is 12.8. The quantitative estimate of drug-likeness (QED) is 0.824. The maximum absolute atomic E-state index is 11.1. The Morgan fingerprint density at radius 3 is 2.65 bits per heavy atom. The smallest absolute Gasteiger partial charge is 0.248 e. The van der Waals surface area contributed by atoms with Crippen molar-refractivity contribution in [1.29, 1.82) is 5.26 Å². The number of rotatable bonds is 2. The standard InChI is InChI=1S/C14H13N5O/c1-9-12-6-18(8-15)7-13(12)19(17-9)11-4-2-10(3-5-11)14(16)20/h2-5H,6-7H2,1H3,(H2,16,20). The summed E-state index contributed by atoms with van der Waals surface area (Å²) in [7, 11) is 0. The first kappa shape index (κ1) is 12.2. The van der Waals surface area contributed by atoms with Crippen molar-refractivity contribution in [2.45, 2.75) is 20.0 Å². The maximum atomic E-state index is 11.1. The molecule has 1 amide bonds. The molecule has 0 spiro atoms.